The molecule has 0 spiro atoms. The van der Waals surface area contributed by atoms with E-state index in [2.05, 4.69) is 20.7 Å². The average molecular weight is 335 g/mol. The summed E-state index contributed by atoms with van der Waals surface area (Å²) in [5, 5.41) is 15.3. The molecule has 1 aliphatic heterocycles. The molecule has 2 heterocycles. The van der Waals surface area contributed by atoms with Crippen LogP contribution in [-0.4, -0.2) is 32.7 Å². The molecule has 0 radical (unpaired) electrons. The zero-order valence-electron chi connectivity index (χ0n) is 13.5. The first kappa shape index (κ1) is 15.3. The normalized spacial score (nSPS) is 15.9. The van der Waals surface area contributed by atoms with Gasteiger partial charge < -0.3 is 10.1 Å². The number of hydrogen-bond donors (Lipinski definition) is 1. The molecule has 1 atom stereocenters. The fourth-order valence-electron chi connectivity index (χ4n) is 2.87. The van der Waals surface area contributed by atoms with Gasteiger partial charge in [-0.2, -0.15) is 4.80 Å². The highest BCUT2D eigenvalue weighted by atomic mass is 16.5. The lowest BCUT2D eigenvalue weighted by molar-refractivity contribution is -0.123. The van der Waals surface area contributed by atoms with Crippen LogP contribution in [-0.2, 0) is 11.3 Å². The summed E-state index contributed by atoms with van der Waals surface area (Å²) in [5.41, 5.74) is 1.87. The molecule has 0 saturated carbocycles. The van der Waals surface area contributed by atoms with Crippen molar-refractivity contribution in [1.82, 2.24) is 25.5 Å². The van der Waals surface area contributed by atoms with Gasteiger partial charge >= 0.3 is 0 Å². The summed E-state index contributed by atoms with van der Waals surface area (Å²) in [4.78, 5) is 13.7. The average Bonchev–Trinajstić information content (AvgIpc) is 3.11. The third-order valence-electron chi connectivity index (χ3n) is 4.06. The second-order valence-electron chi connectivity index (χ2n) is 5.80. The molecule has 2 aromatic carbocycles. The molecule has 0 saturated heterocycles. The fraction of sp³-hybridized carbons (Fsp3) is 0.222. The molecule has 0 aliphatic carbocycles. The molecule has 1 aromatic heterocycles. The summed E-state index contributed by atoms with van der Waals surface area (Å²) >= 11 is 0. The Morgan fingerprint density at radius 2 is 1.96 bits per heavy atom. The Balaban J connectivity index is 1.43. The van der Waals surface area contributed by atoms with E-state index in [1.54, 1.807) is 0 Å². The highest BCUT2D eigenvalue weighted by Gasteiger charge is 2.23. The molecule has 7 heteroatoms. The number of para-hydroxylation sites is 1. The van der Waals surface area contributed by atoms with E-state index in [1.165, 1.54) is 4.80 Å². The van der Waals surface area contributed by atoms with E-state index in [0.717, 1.165) is 23.3 Å². The van der Waals surface area contributed by atoms with Crippen molar-refractivity contribution in [2.75, 3.05) is 6.61 Å². The van der Waals surface area contributed by atoms with Crippen molar-refractivity contribution >= 4 is 5.91 Å². The molecule has 1 amide bonds. The van der Waals surface area contributed by atoms with Crippen molar-refractivity contribution in [1.29, 1.82) is 0 Å². The monoisotopic (exact) mass is 335 g/mol. The van der Waals surface area contributed by atoms with Gasteiger partial charge in [0.2, 0.25) is 11.7 Å². The van der Waals surface area contributed by atoms with Gasteiger partial charge in [-0.15, -0.1) is 10.2 Å². The SMILES string of the molecule is O=C(Cn1nnc(-c2ccccc2)n1)NC1CCOc2ccccc21. The van der Waals surface area contributed by atoms with Crippen molar-refractivity contribution < 1.29 is 9.53 Å². The maximum absolute atomic E-state index is 12.4. The number of nitrogens with zero attached hydrogens (tertiary/aromatic N) is 4. The van der Waals surface area contributed by atoms with Crippen LogP contribution in [0.15, 0.2) is 54.6 Å². The maximum Gasteiger partial charge on any atom is 0.244 e. The molecule has 7 nitrogen and oxygen atoms in total. The van der Waals surface area contributed by atoms with E-state index < -0.39 is 0 Å². The van der Waals surface area contributed by atoms with Crippen LogP contribution < -0.4 is 10.1 Å². The third kappa shape index (κ3) is 3.35. The predicted molar refractivity (Wildman–Crippen MR) is 90.7 cm³/mol. The summed E-state index contributed by atoms with van der Waals surface area (Å²) in [6, 6.07) is 17.2. The number of fused-ring (bicyclic) bond motifs is 1. The molecule has 4 rings (SSSR count). The number of ether oxygens (including phenoxy) is 1. The van der Waals surface area contributed by atoms with Crippen LogP contribution in [0.2, 0.25) is 0 Å². The molecule has 1 unspecified atom stereocenters. The number of aromatic nitrogens is 4. The number of amides is 1. The van der Waals surface area contributed by atoms with E-state index in [9.17, 15) is 4.79 Å². The van der Waals surface area contributed by atoms with E-state index in [0.29, 0.717) is 12.4 Å². The van der Waals surface area contributed by atoms with Crippen LogP contribution in [0.25, 0.3) is 11.4 Å². The Labute approximate surface area is 144 Å². The second-order valence-corrected chi connectivity index (χ2v) is 5.80. The van der Waals surface area contributed by atoms with Crippen molar-refractivity contribution in [3.05, 3.63) is 60.2 Å². The molecular formula is C18H17N5O2. The largest absolute Gasteiger partial charge is 0.493 e. The van der Waals surface area contributed by atoms with Crippen molar-refractivity contribution in [2.24, 2.45) is 0 Å². The second kappa shape index (κ2) is 6.72. The van der Waals surface area contributed by atoms with Gasteiger partial charge in [-0.1, -0.05) is 48.5 Å². The van der Waals surface area contributed by atoms with Crippen LogP contribution in [0.1, 0.15) is 18.0 Å². The zero-order valence-corrected chi connectivity index (χ0v) is 13.5. The van der Waals surface area contributed by atoms with Gasteiger partial charge in [-0.05, 0) is 11.3 Å². The number of nitrogens with one attached hydrogen (secondary N) is 1. The lowest BCUT2D eigenvalue weighted by Crippen LogP contribution is -2.34. The smallest absolute Gasteiger partial charge is 0.244 e. The number of carbonyl (C=O) groups is 1. The van der Waals surface area contributed by atoms with Crippen molar-refractivity contribution in [2.45, 2.75) is 19.0 Å². The highest BCUT2D eigenvalue weighted by Crippen LogP contribution is 2.31. The molecule has 126 valence electrons. The standard InChI is InChI=1S/C18H17N5O2/c24-17(19-15-10-11-25-16-9-5-4-8-14(15)16)12-23-21-18(20-22-23)13-6-2-1-3-7-13/h1-9,15H,10-12H2,(H,19,24). The van der Waals surface area contributed by atoms with Gasteiger partial charge in [-0.25, -0.2) is 0 Å². The Hall–Kier alpha value is -3.22. The summed E-state index contributed by atoms with van der Waals surface area (Å²) < 4.78 is 5.61. The summed E-state index contributed by atoms with van der Waals surface area (Å²) in [5.74, 6) is 1.17. The topological polar surface area (TPSA) is 81.9 Å². The first-order valence-corrected chi connectivity index (χ1v) is 8.14. The van der Waals surface area contributed by atoms with E-state index >= 15 is 0 Å². The minimum atomic E-state index is -0.154. The van der Waals surface area contributed by atoms with E-state index in [-0.39, 0.29) is 18.5 Å². The minimum Gasteiger partial charge on any atom is -0.493 e. The summed E-state index contributed by atoms with van der Waals surface area (Å²) in [7, 11) is 0. The number of hydrogen-bond acceptors (Lipinski definition) is 5. The summed E-state index contributed by atoms with van der Waals surface area (Å²) in [6.45, 7) is 0.612. The Bertz CT molecular complexity index is 878. The van der Waals surface area contributed by atoms with Gasteiger partial charge in [0.25, 0.3) is 0 Å². The fourth-order valence-corrected chi connectivity index (χ4v) is 2.87. The van der Waals surface area contributed by atoms with Gasteiger partial charge in [0, 0.05) is 17.5 Å². The first-order chi connectivity index (χ1) is 12.3. The van der Waals surface area contributed by atoms with Gasteiger partial charge in [0.15, 0.2) is 0 Å². The lowest BCUT2D eigenvalue weighted by atomic mass is 10.0. The van der Waals surface area contributed by atoms with Crippen molar-refractivity contribution in [3.8, 4) is 17.1 Å². The predicted octanol–water partition coefficient (Wildman–Crippen LogP) is 1.98. The van der Waals surface area contributed by atoms with Crippen LogP contribution in [0.4, 0.5) is 0 Å². The first-order valence-electron chi connectivity index (χ1n) is 8.14. The zero-order chi connectivity index (χ0) is 17.1. The molecule has 1 N–H and O–H groups in total. The number of rotatable bonds is 4. The highest BCUT2D eigenvalue weighted by molar-refractivity contribution is 5.76. The molecule has 0 fully saturated rings. The third-order valence-corrected chi connectivity index (χ3v) is 4.06. The summed E-state index contributed by atoms with van der Waals surface area (Å²) in [6.07, 6.45) is 0.739. The molecule has 3 aromatic rings. The van der Waals surface area contributed by atoms with Crippen LogP contribution >= 0.6 is 0 Å². The Morgan fingerprint density at radius 1 is 1.16 bits per heavy atom. The minimum absolute atomic E-state index is 0.0271. The number of tetrazole rings is 1. The number of carbonyl (C=O) groups excluding carboxylic acids is 1. The van der Waals surface area contributed by atoms with Crippen LogP contribution in [0.3, 0.4) is 0 Å². The van der Waals surface area contributed by atoms with Gasteiger partial charge in [-0.3, -0.25) is 4.79 Å². The van der Waals surface area contributed by atoms with Gasteiger partial charge in [0.1, 0.15) is 12.3 Å². The van der Waals surface area contributed by atoms with E-state index in [4.69, 9.17) is 4.74 Å². The van der Waals surface area contributed by atoms with Gasteiger partial charge in [0.05, 0.1) is 12.6 Å². The molecule has 0 bridgehead atoms. The quantitative estimate of drug-likeness (QED) is 0.788. The molecular weight excluding hydrogens is 318 g/mol. The van der Waals surface area contributed by atoms with Crippen molar-refractivity contribution in [3.63, 3.8) is 0 Å². The Kier molecular flexibility index (Phi) is 4.12. The lowest BCUT2D eigenvalue weighted by Gasteiger charge is -2.26. The van der Waals surface area contributed by atoms with E-state index in [1.807, 2.05) is 54.6 Å². The molecule has 1 aliphatic rings. The number of benzene rings is 2. The molecule has 25 heavy (non-hydrogen) atoms. The van der Waals surface area contributed by atoms with Crippen LogP contribution in [0.5, 0.6) is 5.75 Å². The van der Waals surface area contributed by atoms with Crippen LogP contribution in [0, 0.1) is 0 Å². The Morgan fingerprint density at radius 3 is 2.84 bits per heavy atom. The maximum atomic E-state index is 12.4.